The Hall–Kier alpha value is -2.06. The van der Waals surface area contributed by atoms with Crippen molar-refractivity contribution in [1.82, 2.24) is 9.97 Å². The van der Waals surface area contributed by atoms with Crippen molar-refractivity contribution >= 4 is 44.9 Å². The number of carbonyl (C=O) groups is 1. The maximum Gasteiger partial charge on any atom is 0.234 e. The van der Waals surface area contributed by atoms with Crippen LogP contribution in [0.2, 0.25) is 0 Å². The summed E-state index contributed by atoms with van der Waals surface area (Å²) in [6, 6.07) is 3.03. The van der Waals surface area contributed by atoms with Gasteiger partial charge in [-0.25, -0.2) is 18.7 Å². The van der Waals surface area contributed by atoms with Gasteiger partial charge in [0, 0.05) is 16.3 Å². The largest absolute Gasteiger partial charge is 0.323 e. The molecule has 0 radical (unpaired) electrons. The second kappa shape index (κ2) is 7.05. The van der Waals surface area contributed by atoms with Gasteiger partial charge in [-0.15, -0.1) is 11.3 Å². The van der Waals surface area contributed by atoms with Crippen molar-refractivity contribution in [3.63, 3.8) is 0 Å². The fourth-order valence-electron chi connectivity index (χ4n) is 2.33. The Morgan fingerprint density at radius 2 is 2.00 bits per heavy atom. The van der Waals surface area contributed by atoms with Gasteiger partial charge in [-0.3, -0.25) is 4.79 Å². The number of hydrogen-bond acceptors (Lipinski definition) is 5. The molecule has 3 rings (SSSR count). The minimum atomic E-state index is -0.803. The number of nitrogens with zero attached hydrogens (tertiary/aromatic N) is 2. The van der Waals surface area contributed by atoms with Gasteiger partial charge >= 0.3 is 0 Å². The van der Waals surface area contributed by atoms with Gasteiger partial charge in [0.15, 0.2) is 0 Å². The van der Waals surface area contributed by atoms with E-state index in [4.69, 9.17) is 0 Å². The second-order valence-corrected chi connectivity index (χ2v) is 7.67. The lowest BCUT2D eigenvalue weighted by Gasteiger charge is -2.07. The van der Waals surface area contributed by atoms with Crippen LogP contribution in [0, 0.1) is 32.4 Å². The molecule has 25 heavy (non-hydrogen) atoms. The monoisotopic (exact) mass is 379 g/mol. The van der Waals surface area contributed by atoms with Crippen molar-refractivity contribution in [3.8, 4) is 0 Å². The van der Waals surface area contributed by atoms with Crippen LogP contribution in [0.3, 0.4) is 0 Å². The van der Waals surface area contributed by atoms with Crippen molar-refractivity contribution < 1.29 is 13.6 Å². The highest BCUT2D eigenvalue weighted by Crippen LogP contribution is 2.35. The predicted molar refractivity (Wildman–Crippen MR) is 97.3 cm³/mol. The van der Waals surface area contributed by atoms with Crippen molar-refractivity contribution in [1.29, 1.82) is 0 Å². The fraction of sp³-hybridized carbons (Fsp3) is 0.235. The fourth-order valence-corrected chi connectivity index (χ4v) is 4.40. The first-order valence-corrected chi connectivity index (χ1v) is 9.27. The van der Waals surface area contributed by atoms with E-state index in [2.05, 4.69) is 15.3 Å². The Morgan fingerprint density at radius 1 is 1.24 bits per heavy atom. The minimum Gasteiger partial charge on any atom is -0.323 e. The van der Waals surface area contributed by atoms with Crippen LogP contribution in [0.1, 0.15) is 16.3 Å². The molecule has 0 aliphatic rings. The Bertz CT molecular complexity index is 972. The van der Waals surface area contributed by atoms with Crippen LogP contribution in [0.4, 0.5) is 14.5 Å². The molecule has 0 bridgehead atoms. The number of nitrogens with one attached hydrogen (secondary N) is 1. The van der Waals surface area contributed by atoms with Gasteiger partial charge in [-0.05, 0) is 38.5 Å². The van der Waals surface area contributed by atoms with E-state index in [1.54, 1.807) is 11.3 Å². The summed E-state index contributed by atoms with van der Waals surface area (Å²) in [5.41, 5.74) is 1.06. The number of thiophene rings is 1. The van der Waals surface area contributed by atoms with Crippen LogP contribution in [0.5, 0.6) is 0 Å². The average Bonchev–Trinajstić information content (AvgIpc) is 2.82. The Kier molecular flexibility index (Phi) is 5.01. The number of amides is 1. The molecule has 4 nitrogen and oxygen atoms in total. The number of carbonyl (C=O) groups excluding carboxylic acids is 1. The third kappa shape index (κ3) is 3.80. The summed E-state index contributed by atoms with van der Waals surface area (Å²) >= 11 is 2.87. The second-order valence-electron chi connectivity index (χ2n) is 5.50. The van der Waals surface area contributed by atoms with Crippen LogP contribution in [0.15, 0.2) is 23.2 Å². The summed E-state index contributed by atoms with van der Waals surface area (Å²) in [5.74, 6) is -1.17. The summed E-state index contributed by atoms with van der Waals surface area (Å²) in [5, 5.41) is 4.14. The Morgan fingerprint density at radius 3 is 2.72 bits per heavy atom. The van der Waals surface area contributed by atoms with E-state index in [0.29, 0.717) is 5.82 Å². The average molecular weight is 379 g/mol. The smallest absolute Gasteiger partial charge is 0.234 e. The zero-order valence-electron chi connectivity index (χ0n) is 13.8. The van der Waals surface area contributed by atoms with Gasteiger partial charge in [0.1, 0.15) is 27.3 Å². The van der Waals surface area contributed by atoms with Gasteiger partial charge in [-0.1, -0.05) is 11.8 Å². The molecule has 1 N–H and O–H groups in total. The molecule has 0 aliphatic carbocycles. The minimum absolute atomic E-state index is 0.0430. The maximum absolute atomic E-state index is 13.6. The number of aromatic nitrogens is 2. The van der Waals surface area contributed by atoms with E-state index < -0.39 is 11.6 Å². The number of thioether (sulfide) groups is 1. The standard InChI is InChI=1S/C17H15F2N3OS2/c1-8-9(2)25-17-15(8)16(20-10(3)21-17)24-7-14(23)22-13-5-4-11(18)6-12(13)19/h4-6H,7H2,1-3H3,(H,22,23). The van der Waals surface area contributed by atoms with Gasteiger partial charge in [0.25, 0.3) is 0 Å². The molecule has 0 saturated carbocycles. The maximum atomic E-state index is 13.6. The number of halogens is 2. The Balaban J connectivity index is 1.77. The molecule has 0 saturated heterocycles. The molecule has 130 valence electrons. The highest BCUT2D eigenvalue weighted by atomic mass is 32.2. The van der Waals surface area contributed by atoms with Crippen LogP contribution in [0.25, 0.3) is 10.2 Å². The number of fused-ring (bicyclic) bond motifs is 1. The number of hydrogen-bond donors (Lipinski definition) is 1. The SMILES string of the molecule is Cc1nc(SCC(=O)Nc2ccc(F)cc2F)c2c(C)c(C)sc2n1. The van der Waals surface area contributed by atoms with Gasteiger partial charge in [0.05, 0.1) is 11.4 Å². The summed E-state index contributed by atoms with van der Waals surface area (Å²) < 4.78 is 26.5. The van der Waals surface area contributed by atoms with Gasteiger partial charge < -0.3 is 5.32 Å². The first-order valence-electron chi connectivity index (χ1n) is 7.47. The van der Waals surface area contributed by atoms with Crippen LogP contribution < -0.4 is 5.32 Å². The number of rotatable bonds is 4. The van der Waals surface area contributed by atoms with E-state index in [1.807, 2.05) is 20.8 Å². The van der Waals surface area contributed by atoms with Crippen molar-refractivity contribution in [3.05, 3.63) is 46.1 Å². The summed E-state index contributed by atoms with van der Waals surface area (Å²) in [7, 11) is 0. The number of benzene rings is 1. The molecular formula is C17H15F2N3OS2. The molecule has 0 spiro atoms. The lowest BCUT2D eigenvalue weighted by Crippen LogP contribution is -2.15. The van der Waals surface area contributed by atoms with E-state index in [1.165, 1.54) is 17.8 Å². The lowest BCUT2D eigenvalue weighted by molar-refractivity contribution is -0.113. The molecular weight excluding hydrogens is 364 g/mol. The highest BCUT2D eigenvalue weighted by Gasteiger charge is 2.15. The third-order valence-electron chi connectivity index (χ3n) is 3.65. The zero-order valence-corrected chi connectivity index (χ0v) is 15.4. The Labute approximate surface area is 151 Å². The molecule has 0 atom stereocenters. The number of aryl methyl sites for hydroxylation is 3. The summed E-state index contributed by atoms with van der Waals surface area (Å²) in [6.07, 6.45) is 0. The van der Waals surface area contributed by atoms with E-state index in [-0.39, 0.29) is 17.3 Å². The summed E-state index contributed by atoms with van der Waals surface area (Å²) in [6.45, 7) is 5.84. The zero-order chi connectivity index (χ0) is 18.1. The molecule has 0 unspecified atom stereocenters. The molecule has 0 aliphatic heterocycles. The lowest BCUT2D eigenvalue weighted by atomic mass is 10.2. The normalized spacial score (nSPS) is 11.1. The highest BCUT2D eigenvalue weighted by molar-refractivity contribution is 8.00. The molecule has 0 fully saturated rings. The third-order valence-corrected chi connectivity index (χ3v) is 5.73. The van der Waals surface area contributed by atoms with Crippen LogP contribution in [-0.4, -0.2) is 21.6 Å². The van der Waals surface area contributed by atoms with Crippen molar-refractivity contribution in [2.45, 2.75) is 25.8 Å². The molecule has 3 aromatic rings. The predicted octanol–water partition coefficient (Wildman–Crippen LogP) is 4.63. The van der Waals surface area contributed by atoms with Crippen molar-refractivity contribution in [2.24, 2.45) is 0 Å². The molecule has 8 heteroatoms. The van der Waals surface area contributed by atoms with E-state index in [9.17, 15) is 13.6 Å². The molecule has 1 aromatic carbocycles. The van der Waals surface area contributed by atoms with Gasteiger partial charge in [-0.2, -0.15) is 0 Å². The first-order chi connectivity index (χ1) is 11.8. The summed E-state index contributed by atoms with van der Waals surface area (Å²) in [4.78, 5) is 23.0. The molecule has 2 heterocycles. The van der Waals surface area contributed by atoms with Gasteiger partial charge in [0.2, 0.25) is 5.91 Å². The first kappa shape index (κ1) is 17.8. The van der Waals surface area contributed by atoms with Crippen LogP contribution in [-0.2, 0) is 4.79 Å². The van der Waals surface area contributed by atoms with E-state index >= 15 is 0 Å². The molecule has 1 amide bonds. The number of anilines is 1. The van der Waals surface area contributed by atoms with E-state index in [0.717, 1.165) is 37.8 Å². The van der Waals surface area contributed by atoms with Crippen molar-refractivity contribution in [2.75, 3.05) is 11.1 Å². The van der Waals surface area contributed by atoms with Crippen LogP contribution >= 0.6 is 23.1 Å². The molecule has 2 aromatic heterocycles. The quantitative estimate of drug-likeness (QED) is 0.531. The topological polar surface area (TPSA) is 54.9 Å².